The number of ketones is 1. The van der Waals surface area contributed by atoms with Gasteiger partial charge >= 0.3 is 0 Å². The first kappa shape index (κ1) is 32.2. The van der Waals surface area contributed by atoms with E-state index in [0.717, 1.165) is 5.56 Å². The summed E-state index contributed by atoms with van der Waals surface area (Å²) in [4.78, 5) is 21.7. The minimum atomic E-state index is -3.85. The molecule has 218 valence electrons. The fraction of sp³-hybridized carbons (Fsp3) is 0.385. The molecule has 0 unspecified atom stereocenters. The maximum Gasteiger partial charge on any atom is 0.216 e. The average Bonchev–Trinajstić information content (AvgIpc) is 2.89. The van der Waals surface area contributed by atoms with E-state index in [2.05, 4.69) is 20.0 Å². The summed E-state index contributed by atoms with van der Waals surface area (Å²) >= 11 is 0. The Kier molecular flexibility index (Phi) is 13.0. The van der Waals surface area contributed by atoms with Gasteiger partial charge in [-0.25, -0.2) is 13.1 Å². The van der Waals surface area contributed by atoms with Gasteiger partial charge in [-0.15, -0.1) is 0 Å². The first-order chi connectivity index (χ1) is 19.0. The SMILES string of the molecule is N=C(N)c1ccc(CN[C@@H](CCCN=C(N)N)C(=O)[C@@H](CCCN=C(N)N)NS(=O)(=O)Cc2ccccc2)cc1. The van der Waals surface area contributed by atoms with Gasteiger partial charge < -0.3 is 34.0 Å². The monoisotopic (exact) mass is 572 g/mol. The van der Waals surface area contributed by atoms with Crippen LogP contribution in [0.4, 0.5) is 0 Å². The molecular formula is C26H40N10O3S. The van der Waals surface area contributed by atoms with Crippen molar-refractivity contribution >= 4 is 33.6 Å². The predicted molar refractivity (Wildman–Crippen MR) is 159 cm³/mol. The Morgan fingerprint density at radius 1 is 0.800 bits per heavy atom. The van der Waals surface area contributed by atoms with Crippen LogP contribution in [-0.4, -0.2) is 57.1 Å². The smallest absolute Gasteiger partial charge is 0.216 e. The number of sulfonamides is 1. The fourth-order valence-corrected chi connectivity index (χ4v) is 5.33. The van der Waals surface area contributed by atoms with Crippen LogP contribution in [0, 0.1) is 5.41 Å². The number of Topliss-reactive ketones (excluding diaryl/α,β-unsaturated/α-hetero) is 1. The number of rotatable bonds is 18. The molecule has 14 heteroatoms. The van der Waals surface area contributed by atoms with E-state index in [1.807, 2.05) is 0 Å². The van der Waals surface area contributed by atoms with Gasteiger partial charge in [0.1, 0.15) is 5.84 Å². The number of amidine groups is 1. The van der Waals surface area contributed by atoms with E-state index < -0.39 is 22.1 Å². The Morgan fingerprint density at radius 3 is 1.88 bits per heavy atom. The average molecular weight is 573 g/mol. The lowest BCUT2D eigenvalue weighted by atomic mass is 9.97. The molecule has 0 aliphatic heterocycles. The summed E-state index contributed by atoms with van der Waals surface area (Å²) in [7, 11) is -3.85. The molecule has 0 saturated carbocycles. The van der Waals surface area contributed by atoms with Crippen molar-refractivity contribution in [2.45, 2.75) is 50.1 Å². The van der Waals surface area contributed by atoms with Crippen molar-refractivity contribution in [3.8, 4) is 0 Å². The zero-order chi connectivity index (χ0) is 29.5. The highest BCUT2D eigenvalue weighted by Gasteiger charge is 2.30. The van der Waals surface area contributed by atoms with E-state index in [9.17, 15) is 13.2 Å². The first-order valence-electron chi connectivity index (χ1n) is 12.8. The van der Waals surface area contributed by atoms with Crippen LogP contribution in [0.15, 0.2) is 64.6 Å². The predicted octanol–water partition coefficient (Wildman–Crippen LogP) is -0.407. The molecule has 0 spiro atoms. The van der Waals surface area contributed by atoms with Crippen molar-refractivity contribution in [2.24, 2.45) is 38.7 Å². The molecule has 0 fully saturated rings. The van der Waals surface area contributed by atoms with Gasteiger partial charge in [-0.1, -0.05) is 54.6 Å². The molecule has 13 nitrogen and oxygen atoms in total. The van der Waals surface area contributed by atoms with E-state index in [1.165, 1.54) is 0 Å². The van der Waals surface area contributed by atoms with Crippen LogP contribution in [0.25, 0.3) is 0 Å². The van der Waals surface area contributed by atoms with Crippen LogP contribution in [0.5, 0.6) is 0 Å². The number of hydrogen-bond acceptors (Lipinski definition) is 7. The second-order valence-electron chi connectivity index (χ2n) is 9.26. The van der Waals surface area contributed by atoms with Gasteiger partial charge in [0, 0.05) is 25.2 Å². The number of nitrogens with zero attached hydrogens (tertiary/aromatic N) is 2. The van der Waals surface area contributed by atoms with E-state index in [-0.39, 0.29) is 42.3 Å². The lowest BCUT2D eigenvalue weighted by molar-refractivity contribution is -0.123. The molecule has 40 heavy (non-hydrogen) atoms. The molecule has 2 rings (SSSR count). The van der Waals surface area contributed by atoms with Crippen LogP contribution >= 0.6 is 0 Å². The van der Waals surface area contributed by atoms with Gasteiger partial charge in [0.2, 0.25) is 10.0 Å². The second-order valence-corrected chi connectivity index (χ2v) is 11.0. The number of nitrogens with one attached hydrogen (secondary N) is 3. The third-order valence-corrected chi connectivity index (χ3v) is 7.27. The third-order valence-electron chi connectivity index (χ3n) is 5.92. The summed E-state index contributed by atoms with van der Waals surface area (Å²) in [5.41, 5.74) is 29.2. The molecule has 0 amide bonds. The molecule has 0 heterocycles. The standard InChI is InChI=1S/C26H40N10O3S/c27-24(28)20-12-10-18(11-13-20)16-35-21(8-4-14-33-25(29)30)23(37)22(9-5-15-34-26(31)32)36-40(38,39)17-19-6-2-1-3-7-19/h1-3,6-7,10-13,21-22,35-36H,4-5,8-9,14-17H2,(H3,27,28)(H4,29,30,33)(H4,31,32,34)/t21-,22+/m0/s1. The summed E-state index contributed by atoms with van der Waals surface area (Å²) < 4.78 is 28.7. The Morgan fingerprint density at radius 2 is 1.35 bits per heavy atom. The summed E-state index contributed by atoms with van der Waals surface area (Å²) in [5.74, 6) is -0.753. The van der Waals surface area contributed by atoms with Crippen LogP contribution in [0.2, 0.25) is 0 Å². The lowest BCUT2D eigenvalue weighted by Gasteiger charge is -2.24. The molecule has 2 atom stereocenters. The molecule has 2 aromatic rings. The second kappa shape index (κ2) is 16.2. The van der Waals surface area contributed by atoms with Crippen molar-refractivity contribution in [2.75, 3.05) is 13.1 Å². The minimum Gasteiger partial charge on any atom is -0.384 e. The number of nitrogens with two attached hydrogens (primary N) is 5. The largest absolute Gasteiger partial charge is 0.384 e. The zero-order valence-electron chi connectivity index (χ0n) is 22.4. The maximum absolute atomic E-state index is 13.8. The van der Waals surface area contributed by atoms with Crippen molar-refractivity contribution in [3.63, 3.8) is 0 Å². The van der Waals surface area contributed by atoms with Crippen molar-refractivity contribution < 1.29 is 13.2 Å². The number of carbonyl (C=O) groups excluding carboxylic acids is 1. The number of carbonyl (C=O) groups is 1. The van der Waals surface area contributed by atoms with Crippen LogP contribution in [-0.2, 0) is 27.1 Å². The van der Waals surface area contributed by atoms with Gasteiger partial charge in [-0.2, -0.15) is 0 Å². The van der Waals surface area contributed by atoms with Crippen molar-refractivity contribution in [3.05, 3.63) is 71.3 Å². The van der Waals surface area contributed by atoms with Gasteiger partial charge in [-0.3, -0.25) is 20.2 Å². The molecule has 0 aliphatic carbocycles. The summed E-state index contributed by atoms with van der Waals surface area (Å²) in [6, 6.07) is 14.1. The van der Waals surface area contributed by atoms with Crippen molar-refractivity contribution in [1.82, 2.24) is 10.0 Å². The molecule has 13 N–H and O–H groups in total. The van der Waals surface area contributed by atoms with E-state index in [0.29, 0.717) is 43.5 Å². The Balaban J connectivity index is 2.23. The van der Waals surface area contributed by atoms with Crippen molar-refractivity contribution in [1.29, 1.82) is 5.41 Å². The van der Waals surface area contributed by atoms with Gasteiger partial charge in [0.15, 0.2) is 17.7 Å². The number of guanidine groups is 2. The molecule has 0 bridgehead atoms. The van der Waals surface area contributed by atoms with Gasteiger partial charge in [0.05, 0.1) is 17.8 Å². The quantitative estimate of drug-likeness (QED) is 0.0655. The highest BCUT2D eigenvalue weighted by atomic mass is 32.2. The van der Waals surface area contributed by atoms with E-state index >= 15 is 0 Å². The Bertz CT molecular complexity index is 1260. The minimum absolute atomic E-state index is 0.0429. The number of aliphatic imine (C=N–C) groups is 2. The van der Waals surface area contributed by atoms with Crippen LogP contribution < -0.4 is 38.7 Å². The topological polar surface area (TPSA) is 254 Å². The first-order valence-corrected chi connectivity index (χ1v) is 14.5. The van der Waals surface area contributed by atoms with E-state index in [4.69, 9.17) is 34.1 Å². The molecule has 0 aromatic heterocycles. The molecule has 2 aromatic carbocycles. The van der Waals surface area contributed by atoms with Crippen LogP contribution in [0.1, 0.15) is 42.4 Å². The third kappa shape index (κ3) is 12.2. The molecule has 0 radical (unpaired) electrons. The fourth-order valence-electron chi connectivity index (χ4n) is 3.95. The van der Waals surface area contributed by atoms with E-state index in [1.54, 1.807) is 54.6 Å². The number of nitrogen functional groups attached to an aromatic ring is 1. The zero-order valence-corrected chi connectivity index (χ0v) is 23.2. The highest BCUT2D eigenvalue weighted by Crippen LogP contribution is 2.13. The Hall–Kier alpha value is -4.01. The Labute approximate surface area is 235 Å². The summed E-state index contributed by atoms with van der Waals surface area (Å²) in [6.07, 6.45) is 1.44. The molecule has 0 saturated heterocycles. The molecular weight excluding hydrogens is 532 g/mol. The lowest BCUT2D eigenvalue weighted by Crippen LogP contribution is -2.50. The summed E-state index contributed by atoms with van der Waals surface area (Å²) in [5, 5.41) is 10.8. The number of hydrogen-bond donors (Lipinski definition) is 8. The maximum atomic E-state index is 13.8. The van der Waals surface area contributed by atoms with Crippen LogP contribution in [0.3, 0.4) is 0 Å². The summed E-state index contributed by atoms with van der Waals surface area (Å²) in [6.45, 7) is 0.891. The normalized spacial score (nSPS) is 12.7. The number of benzene rings is 2. The van der Waals surface area contributed by atoms with Gasteiger partial charge in [0.25, 0.3) is 0 Å². The highest BCUT2D eigenvalue weighted by molar-refractivity contribution is 7.88. The van der Waals surface area contributed by atoms with Gasteiger partial charge in [-0.05, 0) is 36.8 Å². The molecule has 0 aliphatic rings.